The predicted molar refractivity (Wildman–Crippen MR) is 75.0 cm³/mol. The zero-order valence-corrected chi connectivity index (χ0v) is 11.8. The van der Waals surface area contributed by atoms with Crippen LogP contribution < -0.4 is 5.32 Å². The fourth-order valence-electron chi connectivity index (χ4n) is 1.63. The van der Waals surface area contributed by atoms with Crippen molar-refractivity contribution in [3.63, 3.8) is 0 Å². The number of carbonyl (C=O) groups is 1. The van der Waals surface area contributed by atoms with Crippen LogP contribution in [0.3, 0.4) is 0 Å². The van der Waals surface area contributed by atoms with E-state index in [2.05, 4.69) is 19.2 Å². The van der Waals surface area contributed by atoms with Crippen LogP contribution in [0.25, 0.3) is 0 Å². The van der Waals surface area contributed by atoms with Gasteiger partial charge in [-0.25, -0.2) is 0 Å². The Balaban J connectivity index is 2.69. The fraction of sp³-hybridized carbons (Fsp3) is 0.500. The molecule has 0 aliphatic heterocycles. The van der Waals surface area contributed by atoms with E-state index < -0.39 is 0 Å². The van der Waals surface area contributed by atoms with Gasteiger partial charge in [0, 0.05) is 6.04 Å². The minimum atomic E-state index is -0.184. The molecule has 0 aromatic heterocycles. The third-order valence-corrected chi connectivity index (χ3v) is 3.04. The van der Waals surface area contributed by atoms with Crippen molar-refractivity contribution in [3.05, 3.63) is 29.3 Å². The number of para-hydroxylation sites is 1. The largest absolute Gasteiger partial charge is 0.466 e. The molecule has 0 spiro atoms. The summed E-state index contributed by atoms with van der Waals surface area (Å²) < 4.78 is 4.98. The van der Waals surface area contributed by atoms with E-state index >= 15 is 0 Å². The van der Waals surface area contributed by atoms with Gasteiger partial charge in [-0.1, -0.05) is 37.6 Å². The lowest BCUT2D eigenvalue weighted by molar-refractivity contribution is -0.143. The summed E-state index contributed by atoms with van der Waals surface area (Å²) >= 11 is 6.09. The Morgan fingerprint density at radius 1 is 1.39 bits per heavy atom. The number of nitrogens with one attached hydrogen (secondary N) is 1. The van der Waals surface area contributed by atoms with Crippen LogP contribution in [0.5, 0.6) is 0 Å². The van der Waals surface area contributed by atoms with Gasteiger partial charge >= 0.3 is 5.97 Å². The van der Waals surface area contributed by atoms with E-state index in [1.165, 1.54) is 0 Å². The van der Waals surface area contributed by atoms with Gasteiger partial charge in [0.15, 0.2) is 0 Å². The summed E-state index contributed by atoms with van der Waals surface area (Å²) in [4.78, 5) is 11.5. The SMILES string of the molecule is CCOC(=O)C[C@H](Nc1ccccc1Cl)C(C)C. The lowest BCUT2D eigenvalue weighted by atomic mass is 10.0. The van der Waals surface area contributed by atoms with Crippen molar-refractivity contribution in [2.45, 2.75) is 33.2 Å². The smallest absolute Gasteiger partial charge is 0.307 e. The van der Waals surface area contributed by atoms with Gasteiger partial charge < -0.3 is 10.1 Å². The van der Waals surface area contributed by atoms with E-state index in [-0.39, 0.29) is 12.0 Å². The molecule has 0 radical (unpaired) electrons. The molecule has 0 aliphatic carbocycles. The standard InChI is InChI=1S/C14H20ClNO2/c1-4-18-14(17)9-13(10(2)3)16-12-8-6-5-7-11(12)15/h5-8,10,13,16H,4,9H2,1-3H3/t13-/m0/s1. The van der Waals surface area contributed by atoms with E-state index in [1.807, 2.05) is 31.2 Å². The molecule has 0 fully saturated rings. The number of anilines is 1. The van der Waals surface area contributed by atoms with Crippen LogP contribution >= 0.6 is 11.6 Å². The average Bonchev–Trinajstić information content (AvgIpc) is 2.31. The van der Waals surface area contributed by atoms with Gasteiger partial charge in [-0.15, -0.1) is 0 Å². The molecule has 0 saturated carbocycles. The number of hydrogen-bond donors (Lipinski definition) is 1. The molecule has 0 heterocycles. The van der Waals surface area contributed by atoms with Crippen LogP contribution in [0.15, 0.2) is 24.3 Å². The van der Waals surface area contributed by atoms with Crippen LogP contribution in [-0.4, -0.2) is 18.6 Å². The number of carbonyl (C=O) groups excluding carboxylic acids is 1. The van der Waals surface area contributed by atoms with Gasteiger partial charge in [-0.2, -0.15) is 0 Å². The maximum absolute atomic E-state index is 11.5. The molecule has 1 rings (SSSR count). The van der Waals surface area contributed by atoms with Crippen molar-refractivity contribution >= 4 is 23.3 Å². The summed E-state index contributed by atoms with van der Waals surface area (Å²) in [7, 11) is 0. The number of halogens is 1. The molecule has 3 nitrogen and oxygen atoms in total. The van der Waals surface area contributed by atoms with E-state index in [9.17, 15) is 4.79 Å². The molecule has 1 atom stereocenters. The van der Waals surface area contributed by atoms with Gasteiger partial charge in [0.1, 0.15) is 0 Å². The van der Waals surface area contributed by atoms with Crippen LogP contribution in [0.4, 0.5) is 5.69 Å². The molecule has 0 amide bonds. The fourth-order valence-corrected chi connectivity index (χ4v) is 1.82. The molecule has 0 unspecified atom stereocenters. The Morgan fingerprint density at radius 3 is 2.61 bits per heavy atom. The van der Waals surface area contributed by atoms with Gasteiger partial charge in [-0.3, -0.25) is 4.79 Å². The topological polar surface area (TPSA) is 38.3 Å². The second-order valence-corrected chi connectivity index (χ2v) is 4.89. The van der Waals surface area contributed by atoms with Crippen LogP contribution in [0, 0.1) is 5.92 Å². The number of esters is 1. The quantitative estimate of drug-likeness (QED) is 0.800. The first-order valence-electron chi connectivity index (χ1n) is 6.21. The molecule has 1 aromatic carbocycles. The summed E-state index contributed by atoms with van der Waals surface area (Å²) in [5.74, 6) is 0.126. The molecular weight excluding hydrogens is 250 g/mol. The monoisotopic (exact) mass is 269 g/mol. The summed E-state index contributed by atoms with van der Waals surface area (Å²) in [5, 5.41) is 3.96. The molecule has 0 bridgehead atoms. The van der Waals surface area contributed by atoms with Gasteiger partial charge in [0.2, 0.25) is 0 Å². The molecule has 0 aliphatic rings. The second kappa shape index (κ2) is 7.27. The average molecular weight is 270 g/mol. The van der Waals surface area contributed by atoms with E-state index in [0.29, 0.717) is 24.0 Å². The van der Waals surface area contributed by atoms with E-state index in [1.54, 1.807) is 0 Å². The van der Waals surface area contributed by atoms with Crippen molar-refractivity contribution in [1.29, 1.82) is 0 Å². The summed E-state index contributed by atoms with van der Waals surface area (Å²) in [6.45, 7) is 6.35. The highest BCUT2D eigenvalue weighted by Gasteiger charge is 2.18. The lowest BCUT2D eigenvalue weighted by Gasteiger charge is -2.23. The molecule has 1 N–H and O–H groups in total. The highest BCUT2D eigenvalue weighted by atomic mass is 35.5. The Hall–Kier alpha value is -1.22. The third-order valence-electron chi connectivity index (χ3n) is 2.71. The van der Waals surface area contributed by atoms with E-state index in [4.69, 9.17) is 16.3 Å². The third kappa shape index (κ3) is 4.57. The van der Waals surface area contributed by atoms with Gasteiger partial charge in [0.25, 0.3) is 0 Å². The van der Waals surface area contributed by atoms with Crippen molar-refractivity contribution in [2.75, 3.05) is 11.9 Å². The summed E-state index contributed by atoms with van der Waals surface area (Å²) in [5.41, 5.74) is 0.849. The summed E-state index contributed by atoms with van der Waals surface area (Å²) in [6.07, 6.45) is 0.344. The maximum Gasteiger partial charge on any atom is 0.307 e. The zero-order valence-electron chi connectivity index (χ0n) is 11.1. The molecule has 18 heavy (non-hydrogen) atoms. The summed E-state index contributed by atoms with van der Waals surface area (Å²) in [6, 6.07) is 7.54. The van der Waals surface area contributed by atoms with Crippen LogP contribution in [0.1, 0.15) is 27.2 Å². The normalized spacial score (nSPS) is 12.3. The number of ether oxygens (including phenoxy) is 1. The van der Waals surface area contributed by atoms with Crippen LogP contribution in [0.2, 0.25) is 5.02 Å². The minimum absolute atomic E-state index is 0.0175. The number of rotatable bonds is 6. The molecule has 0 saturated heterocycles. The number of benzene rings is 1. The first-order valence-corrected chi connectivity index (χ1v) is 6.59. The van der Waals surface area contributed by atoms with E-state index in [0.717, 1.165) is 5.69 Å². The van der Waals surface area contributed by atoms with Gasteiger partial charge in [-0.05, 0) is 25.0 Å². The Kier molecular flexibility index (Phi) is 5.99. The van der Waals surface area contributed by atoms with Crippen LogP contribution in [-0.2, 0) is 9.53 Å². The Morgan fingerprint density at radius 2 is 2.06 bits per heavy atom. The maximum atomic E-state index is 11.5. The van der Waals surface area contributed by atoms with Crippen molar-refractivity contribution < 1.29 is 9.53 Å². The second-order valence-electron chi connectivity index (χ2n) is 4.48. The molecule has 100 valence electrons. The molecule has 1 aromatic rings. The van der Waals surface area contributed by atoms with Crippen molar-refractivity contribution in [3.8, 4) is 0 Å². The molecule has 4 heteroatoms. The predicted octanol–water partition coefficient (Wildman–Crippen LogP) is 3.73. The zero-order chi connectivity index (χ0) is 13.5. The highest BCUT2D eigenvalue weighted by molar-refractivity contribution is 6.33. The number of hydrogen-bond acceptors (Lipinski definition) is 3. The first kappa shape index (κ1) is 14.8. The Labute approximate surface area is 113 Å². The first-order chi connectivity index (χ1) is 8.54. The van der Waals surface area contributed by atoms with Crippen molar-refractivity contribution in [1.82, 2.24) is 0 Å². The molecular formula is C14H20ClNO2. The lowest BCUT2D eigenvalue weighted by Crippen LogP contribution is -2.29. The highest BCUT2D eigenvalue weighted by Crippen LogP contribution is 2.23. The Bertz CT molecular complexity index is 393. The minimum Gasteiger partial charge on any atom is -0.466 e. The van der Waals surface area contributed by atoms with Crippen molar-refractivity contribution in [2.24, 2.45) is 5.92 Å². The van der Waals surface area contributed by atoms with Gasteiger partial charge in [0.05, 0.1) is 23.7 Å².